The van der Waals surface area contributed by atoms with Gasteiger partial charge in [-0.15, -0.1) is 0 Å². The van der Waals surface area contributed by atoms with Crippen molar-refractivity contribution < 1.29 is 13.2 Å². The van der Waals surface area contributed by atoms with Gasteiger partial charge in [-0.05, 0) is 44.5 Å². The Morgan fingerprint density at radius 2 is 2.00 bits per heavy atom. The van der Waals surface area contributed by atoms with Crippen LogP contribution >= 0.6 is 0 Å². The molecule has 7 nitrogen and oxygen atoms in total. The summed E-state index contributed by atoms with van der Waals surface area (Å²) in [4.78, 5) is 6.12. The Morgan fingerprint density at radius 3 is 2.73 bits per heavy atom. The molecule has 1 saturated heterocycles. The SMILES string of the molecule is Cc1cc(CN2CCC3(CCn4nc(-c5cnc(N)c(C(F)(F)F)c5)cc43)C2)n[nH]1. The van der Waals surface area contributed by atoms with Gasteiger partial charge < -0.3 is 5.73 Å². The quantitative estimate of drug-likeness (QED) is 0.684. The number of nitrogen functional groups attached to an aromatic ring is 1. The zero-order chi connectivity index (χ0) is 21.1. The van der Waals surface area contributed by atoms with Crippen LogP contribution in [0.5, 0.6) is 0 Å². The highest BCUT2D eigenvalue weighted by molar-refractivity contribution is 5.63. The number of aryl methyl sites for hydroxylation is 2. The number of aromatic amines is 1. The van der Waals surface area contributed by atoms with Gasteiger partial charge in [0, 0.05) is 48.2 Å². The van der Waals surface area contributed by atoms with E-state index in [9.17, 15) is 13.2 Å². The lowest BCUT2D eigenvalue weighted by molar-refractivity contribution is -0.137. The van der Waals surface area contributed by atoms with Gasteiger partial charge in [0.1, 0.15) is 5.82 Å². The number of pyridine rings is 1. The summed E-state index contributed by atoms with van der Waals surface area (Å²) < 4.78 is 41.6. The predicted octanol–water partition coefficient (Wildman–Crippen LogP) is 3.13. The summed E-state index contributed by atoms with van der Waals surface area (Å²) in [7, 11) is 0. The molecule has 1 fully saturated rings. The normalized spacial score (nSPS) is 21.6. The predicted molar refractivity (Wildman–Crippen MR) is 104 cm³/mol. The average molecular weight is 417 g/mol. The number of aromatic nitrogens is 5. The number of nitrogens with zero attached hydrogens (tertiary/aromatic N) is 5. The van der Waals surface area contributed by atoms with Gasteiger partial charge in [0.25, 0.3) is 0 Å². The molecule has 10 heteroatoms. The molecule has 1 spiro atoms. The fourth-order valence-electron chi connectivity index (χ4n) is 4.74. The van der Waals surface area contributed by atoms with E-state index in [0.717, 1.165) is 62.2 Å². The first-order valence-electron chi connectivity index (χ1n) is 9.88. The smallest absolute Gasteiger partial charge is 0.383 e. The molecule has 5 rings (SSSR count). The van der Waals surface area contributed by atoms with Crippen LogP contribution in [-0.4, -0.2) is 43.0 Å². The number of fused-ring (bicyclic) bond motifs is 2. The highest BCUT2D eigenvalue weighted by Crippen LogP contribution is 2.44. The number of nitrogens with two attached hydrogens (primary N) is 1. The van der Waals surface area contributed by atoms with Crippen LogP contribution in [0.2, 0.25) is 0 Å². The summed E-state index contributed by atoms with van der Waals surface area (Å²) in [5.74, 6) is -0.519. The summed E-state index contributed by atoms with van der Waals surface area (Å²) in [6.07, 6.45) is -1.21. The van der Waals surface area contributed by atoms with Crippen LogP contribution in [0.25, 0.3) is 11.3 Å². The molecule has 3 aromatic rings. The maximum Gasteiger partial charge on any atom is 0.419 e. The van der Waals surface area contributed by atoms with Gasteiger partial charge in [-0.1, -0.05) is 0 Å². The van der Waals surface area contributed by atoms with E-state index in [4.69, 9.17) is 5.73 Å². The fourth-order valence-corrected chi connectivity index (χ4v) is 4.74. The molecule has 1 atom stereocenters. The summed E-state index contributed by atoms with van der Waals surface area (Å²) in [5, 5.41) is 11.9. The molecule has 0 radical (unpaired) electrons. The van der Waals surface area contributed by atoms with E-state index in [-0.39, 0.29) is 5.41 Å². The number of halogens is 3. The van der Waals surface area contributed by atoms with Crippen molar-refractivity contribution >= 4 is 5.82 Å². The number of nitrogens with one attached hydrogen (secondary N) is 1. The molecule has 1 unspecified atom stereocenters. The van der Waals surface area contributed by atoms with Gasteiger partial charge >= 0.3 is 6.18 Å². The Labute approximate surface area is 171 Å². The molecular weight excluding hydrogens is 395 g/mol. The van der Waals surface area contributed by atoms with E-state index < -0.39 is 17.6 Å². The minimum Gasteiger partial charge on any atom is -0.383 e. The van der Waals surface area contributed by atoms with Crippen molar-refractivity contribution in [3.8, 4) is 11.3 Å². The van der Waals surface area contributed by atoms with E-state index in [1.807, 2.05) is 23.7 Å². The summed E-state index contributed by atoms with van der Waals surface area (Å²) in [6.45, 7) is 5.37. The van der Waals surface area contributed by atoms with Gasteiger partial charge in [0.2, 0.25) is 0 Å². The van der Waals surface area contributed by atoms with Gasteiger partial charge in [-0.25, -0.2) is 4.98 Å². The number of likely N-dealkylation sites (tertiary alicyclic amines) is 1. The first-order chi connectivity index (χ1) is 14.2. The van der Waals surface area contributed by atoms with Gasteiger partial charge in [0.05, 0.1) is 17.0 Å². The standard InChI is InChI=1S/C20H22F3N7/c1-12-6-14(27-26-12)10-29-4-2-19(11-29)3-5-30-17(19)8-16(28-30)13-7-15(20(21,22)23)18(24)25-9-13/h6-9H,2-5,10-11H2,1H3,(H2,24,25)(H,26,27). The zero-order valence-corrected chi connectivity index (χ0v) is 16.5. The first-order valence-corrected chi connectivity index (χ1v) is 9.88. The Bertz CT molecular complexity index is 1100. The second kappa shape index (κ2) is 6.56. The number of anilines is 1. The number of hydrogen-bond donors (Lipinski definition) is 2. The van der Waals surface area contributed by atoms with Crippen molar-refractivity contribution in [3.05, 3.63) is 47.0 Å². The molecule has 2 aliphatic rings. The summed E-state index contributed by atoms with van der Waals surface area (Å²) in [5.41, 5.74) is 8.46. The Morgan fingerprint density at radius 1 is 1.20 bits per heavy atom. The maximum atomic E-state index is 13.2. The van der Waals surface area contributed by atoms with E-state index in [1.165, 1.54) is 6.20 Å². The number of alkyl halides is 3. The average Bonchev–Trinajstić information content (AvgIpc) is 3.43. The molecule has 158 valence electrons. The van der Waals surface area contributed by atoms with Crippen molar-refractivity contribution in [3.63, 3.8) is 0 Å². The first kappa shape index (κ1) is 19.1. The van der Waals surface area contributed by atoms with Gasteiger partial charge in [-0.3, -0.25) is 14.7 Å². The molecule has 0 aliphatic carbocycles. The van der Waals surface area contributed by atoms with Crippen molar-refractivity contribution in [2.75, 3.05) is 18.8 Å². The molecule has 0 saturated carbocycles. The van der Waals surface area contributed by atoms with Crippen LogP contribution in [0.4, 0.5) is 19.0 Å². The largest absolute Gasteiger partial charge is 0.419 e. The van der Waals surface area contributed by atoms with Crippen LogP contribution < -0.4 is 5.73 Å². The van der Waals surface area contributed by atoms with Crippen LogP contribution in [-0.2, 0) is 24.7 Å². The monoisotopic (exact) mass is 417 g/mol. The maximum absolute atomic E-state index is 13.2. The van der Waals surface area contributed by atoms with Crippen molar-refractivity contribution in [2.24, 2.45) is 0 Å². The molecule has 0 aromatic carbocycles. The summed E-state index contributed by atoms with van der Waals surface area (Å²) >= 11 is 0. The molecule has 5 heterocycles. The molecule has 3 N–H and O–H groups in total. The Balaban J connectivity index is 1.41. The minimum absolute atomic E-state index is 0.0231. The van der Waals surface area contributed by atoms with Crippen LogP contribution in [0.15, 0.2) is 24.4 Å². The molecule has 30 heavy (non-hydrogen) atoms. The van der Waals surface area contributed by atoms with Gasteiger partial charge in [-0.2, -0.15) is 23.4 Å². The highest BCUT2D eigenvalue weighted by Gasteiger charge is 2.45. The second-order valence-electron chi connectivity index (χ2n) is 8.33. The molecule has 0 amide bonds. The lowest BCUT2D eigenvalue weighted by Crippen LogP contribution is -2.29. The Kier molecular flexibility index (Phi) is 4.18. The van der Waals surface area contributed by atoms with Crippen molar-refractivity contribution in [1.29, 1.82) is 0 Å². The number of rotatable bonds is 3. The van der Waals surface area contributed by atoms with Crippen molar-refractivity contribution in [1.82, 2.24) is 29.9 Å². The number of hydrogen-bond acceptors (Lipinski definition) is 5. The summed E-state index contributed by atoms with van der Waals surface area (Å²) in [6, 6.07) is 5.00. The van der Waals surface area contributed by atoms with Gasteiger partial charge in [0.15, 0.2) is 0 Å². The third kappa shape index (κ3) is 3.15. The van der Waals surface area contributed by atoms with Crippen molar-refractivity contribution in [2.45, 2.75) is 44.4 Å². The Hall–Kier alpha value is -2.88. The fraction of sp³-hybridized carbons (Fsp3) is 0.450. The zero-order valence-electron chi connectivity index (χ0n) is 16.5. The van der Waals surface area contributed by atoms with E-state index in [2.05, 4.69) is 25.2 Å². The van der Waals surface area contributed by atoms with E-state index in [0.29, 0.717) is 11.3 Å². The van der Waals surface area contributed by atoms with E-state index >= 15 is 0 Å². The van der Waals surface area contributed by atoms with Crippen LogP contribution in [0.3, 0.4) is 0 Å². The molecular formula is C20H22F3N7. The third-order valence-electron chi connectivity index (χ3n) is 6.22. The number of H-pyrrole nitrogens is 1. The molecule has 3 aromatic heterocycles. The molecule has 2 aliphatic heterocycles. The lowest BCUT2D eigenvalue weighted by Gasteiger charge is -2.23. The minimum atomic E-state index is -4.55. The highest BCUT2D eigenvalue weighted by atomic mass is 19.4. The third-order valence-corrected chi connectivity index (χ3v) is 6.22. The van der Waals surface area contributed by atoms with Crippen LogP contribution in [0, 0.1) is 6.92 Å². The van der Waals surface area contributed by atoms with Crippen LogP contribution in [0.1, 0.15) is 35.5 Å². The second-order valence-corrected chi connectivity index (χ2v) is 8.33. The lowest BCUT2D eigenvalue weighted by atomic mass is 9.82. The topological polar surface area (TPSA) is 88.7 Å². The van der Waals surface area contributed by atoms with E-state index in [1.54, 1.807) is 0 Å². The molecule has 0 bridgehead atoms.